The summed E-state index contributed by atoms with van der Waals surface area (Å²) in [6.45, 7) is 4.19. The second-order valence-corrected chi connectivity index (χ2v) is 1.94. The fraction of sp³-hybridized carbons (Fsp3) is 0.714. The highest BCUT2D eigenvalue weighted by molar-refractivity contribution is 5.80. The van der Waals surface area contributed by atoms with E-state index >= 15 is 0 Å². The van der Waals surface area contributed by atoms with E-state index in [1.807, 2.05) is 6.92 Å². The Kier molecular flexibility index (Phi) is 5.15. The Morgan fingerprint density at radius 2 is 2.18 bits per heavy atom. The Morgan fingerprint density at radius 3 is 2.55 bits per heavy atom. The maximum atomic E-state index is 10.8. The van der Waals surface area contributed by atoms with Crippen LogP contribution in [0.25, 0.3) is 0 Å². The quantitative estimate of drug-likeness (QED) is 0.571. The number of nitrogens with zero attached hydrogens (tertiary/aromatic N) is 1. The lowest BCUT2D eigenvalue weighted by Gasteiger charge is -2.11. The Hall–Kier alpha value is -1.06. The molecule has 0 aromatic rings. The van der Waals surface area contributed by atoms with Crippen LogP contribution in [0.5, 0.6) is 0 Å². The van der Waals surface area contributed by atoms with Gasteiger partial charge < -0.3 is 4.74 Å². The standard InChI is InChI=1S/C7H12NO3/c1-3-5-8(6-9)7(10)11-4-2/h3-5H2,1-2H3. The lowest BCUT2D eigenvalue weighted by atomic mass is 10.4. The van der Waals surface area contributed by atoms with Crippen LogP contribution in [0.4, 0.5) is 4.79 Å². The van der Waals surface area contributed by atoms with Gasteiger partial charge in [0.1, 0.15) is 0 Å². The Bertz CT molecular complexity index is 136. The molecular formula is C7H12NO3. The molecule has 0 atom stereocenters. The monoisotopic (exact) mass is 158 g/mol. The Labute approximate surface area is 66.1 Å². The number of rotatable bonds is 4. The largest absolute Gasteiger partial charge is 0.449 e. The molecule has 0 spiro atoms. The summed E-state index contributed by atoms with van der Waals surface area (Å²) in [4.78, 5) is 21.8. The fourth-order valence-corrected chi connectivity index (χ4v) is 0.599. The number of hydrogen-bond donors (Lipinski definition) is 0. The van der Waals surface area contributed by atoms with Crippen molar-refractivity contribution in [3.8, 4) is 0 Å². The Morgan fingerprint density at radius 1 is 1.55 bits per heavy atom. The van der Waals surface area contributed by atoms with E-state index in [0.717, 1.165) is 4.90 Å². The maximum absolute atomic E-state index is 10.8. The highest BCUT2D eigenvalue weighted by atomic mass is 16.6. The minimum atomic E-state index is -0.621. The van der Waals surface area contributed by atoms with Crippen LogP contribution in [-0.2, 0) is 9.53 Å². The molecule has 0 fully saturated rings. The third-order valence-corrected chi connectivity index (χ3v) is 1.05. The van der Waals surface area contributed by atoms with Crippen LogP contribution in [0.3, 0.4) is 0 Å². The number of imide groups is 1. The van der Waals surface area contributed by atoms with Crippen LogP contribution in [-0.4, -0.2) is 30.6 Å². The second kappa shape index (κ2) is 5.70. The SMILES string of the molecule is CCCN([C]=O)C(=O)OCC. The Balaban J connectivity index is 3.81. The molecule has 4 heteroatoms. The predicted octanol–water partition coefficient (Wildman–Crippen LogP) is 0.922. The van der Waals surface area contributed by atoms with E-state index in [4.69, 9.17) is 0 Å². The smallest absolute Gasteiger partial charge is 0.416 e. The maximum Gasteiger partial charge on any atom is 0.416 e. The summed E-state index contributed by atoms with van der Waals surface area (Å²) in [7, 11) is 0. The zero-order chi connectivity index (χ0) is 8.69. The lowest BCUT2D eigenvalue weighted by molar-refractivity contribution is 0.127. The summed E-state index contributed by atoms with van der Waals surface area (Å²) in [6, 6.07) is 0. The average molecular weight is 158 g/mol. The molecule has 0 heterocycles. The van der Waals surface area contributed by atoms with Gasteiger partial charge in [0.25, 0.3) is 0 Å². The van der Waals surface area contributed by atoms with Gasteiger partial charge in [-0.3, -0.25) is 4.79 Å². The molecule has 63 valence electrons. The topological polar surface area (TPSA) is 46.6 Å². The van der Waals surface area contributed by atoms with Crippen LogP contribution in [0.15, 0.2) is 0 Å². The third kappa shape index (κ3) is 3.60. The molecule has 0 rings (SSSR count). The van der Waals surface area contributed by atoms with Gasteiger partial charge in [0.05, 0.1) is 6.61 Å². The summed E-state index contributed by atoms with van der Waals surface area (Å²) in [5.41, 5.74) is 0. The molecule has 0 aliphatic rings. The average Bonchev–Trinajstić information content (AvgIpc) is 2.00. The van der Waals surface area contributed by atoms with Gasteiger partial charge in [-0.25, -0.2) is 9.69 Å². The third-order valence-electron chi connectivity index (χ3n) is 1.05. The van der Waals surface area contributed by atoms with E-state index < -0.39 is 6.09 Å². The summed E-state index contributed by atoms with van der Waals surface area (Å²) in [5.74, 6) is 0. The fourth-order valence-electron chi connectivity index (χ4n) is 0.599. The highest BCUT2D eigenvalue weighted by Gasteiger charge is 2.12. The molecule has 0 saturated carbocycles. The molecule has 0 N–H and O–H groups in total. The van der Waals surface area contributed by atoms with E-state index in [2.05, 4.69) is 4.74 Å². The molecule has 0 aliphatic heterocycles. The van der Waals surface area contributed by atoms with Gasteiger partial charge in [0.2, 0.25) is 0 Å². The van der Waals surface area contributed by atoms with Crippen LogP contribution >= 0.6 is 0 Å². The van der Waals surface area contributed by atoms with Gasteiger partial charge in [-0.2, -0.15) is 0 Å². The van der Waals surface area contributed by atoms with Crippen molar-refractivity contribution in [3.63, 3.8) is 0 Å². The van der Waals surface area contributed by atoms with Crippen LogP contribution in [0, 0.1) is 0 Å². The molecule has 0 unspecified atom stereocenters. The molecule has 1 radical (unpaired) electrons. The van der Waals surface area contributed by atoms with Gasteiger partial charge in [-0.05, 0) is 13.3 Å². The van der Waals surface area contributed by atoms with Gasteiger partial charge in [0.15, 0.2) is 0 Å². The first-order chi connectivity index (χ1) is 5.26. The summed E-state index contributed by atoms with van der Waals surface area (Å²) < 4.78 is 4.57. The van der Waals surface area contributed by atoms with Crippen molar-refractivity contribution < 1.29 is 14.3 Å². The zero-order valence-electron chi connectivity index (χ0n) is 6.79. The van der Waals surface area contributed by atoms with E-state index in [1.54, 1.807) is 6.92 Å². The first-order valence-corrected chi connectivity index (χ1v) is 3.58. The molecule has 0 bridgehead atoms. The van der Waals surface area contributed by atoms with E-state index in [1.165, 1.54) is 6.41 Å². The van der Waals surface area contributed by atoms with Crippen molar-refractivity contribution in [1.82, 2.24) is 4.90 Å². The lowest BCUT2D eigenvalue weighted by Crippen LogP contribution is -2.30. The summed E-state index contributed by atoms with van der Waals surface area (Å²) >= 11 is 0. The number of carbonyl (C=O) groups excluding carboxylic acids is 2. The van der Waals surface area contributed by atoms with Gasteiger partial charge in [-0.15, -0.1) is 0 Å². The van der Waals surface area contributed by atoms with E-state index in [-0.39, 0.29) is 6.61 Å². The molecule has 0 aliphatic carbocycles. The molecule has 4 nitrogen and oxygen atoms in total. The summed E-state index contributed by atoms with van der Waals surface area (Å²) in [6.07, 6.45) is 1.59. The first kappa shape index (κ1) is 9.94. The van der Waals surface area contributed by atoms with Crippen LogP contribution in [0.1, 0.15) is 20.3 Å². The normalized spacial score (nSPS) is 8.91. The van der Waals surface area contributed by atoms with Gasteiger partial charge >= 0.3 is 12.5 Å². The van der Waals surface area contributed by atoms with Crippen molar-refractivity contribution in [3.05, 3.63) is 0 Å². The predicted molar refractivity (Wildman–Crippen MR) is 39.7 cm³/mol. The van der Waals surface area contributed by atoms with Gasteiger partial charge in [-0.1, -0.05) is 6.92 Å². The minimum absolute atomic E-state index is 0.278. The molecule has 2 amide bonds. The number of hydrogen-bond acceptors (Lipinski definition) is 3. The zero-order valence-corrected chi connectivity index (χ0v) is 6.79. The van der Waals surface area contributed by atoms with Crippen molar-refractivity contribution in [2.24, 2.45) is 0 Å². The van der Waals surface area contributed by atoms with Crippen molar-refractivity contribution in [1.29, 1.82) is 0 Å². The molecular weight excluding hydrogens is 146 g/mol. The van der Waals surface area contributed by atoms with Gasteiger partial charge in [0, 0.05) is 6.54 Å². The molecule has 0 aromatic carbocycles. The highest BCUT2D eigenvalue weighted by Crippen LogP contribution is 1.91. The number of ether oxygens (including phenoxy) is 1. The van der Waals surface area contributed by atoms with Crippen LogP contribution < -0.4 is 0 Å². The minimum Gasteiger partial charge on any atom is -0.449 e. The van der Waals surface area contributed by atoms with Crippen molar-refractivity contribution in [2.45, 2.75) is 20.3 Å². The molecule has 0 aromatic heterocycles. The van der Waals surface area contributed by atoms with E-state index in [0.29, 0.717) is 13.0 Å². The van der Waals surface area contributed by atoms with E-state index in [9.17, 15) is 9.59 Å². The van der Waals surface area contributed by atoms with Crippen LogP contribution in [0.2, 0.25) is 0 Å². The number of amides is 2. The van der Waals surface area contributed by atoms with Crippen molar-refractivity contribution >= 4 is 12.5 Å². The summed E-state index contributed by atoms with van der Waals surface area (Å²) in [5, 5.41) is 0. The molecule has 11 heavy (non-hydrogen) atoms. The number of carbonyl (C=O) groups is 1. The molecule has 0 saturated heterocycles. The van der Waals surface area contributed by atoms with Crippen molar-refractivity contribution in [2.75, 3.05) is 13.2 Å². The second-order valence-electron chi connectivity index (χ2n) is 1.94. The first-order valence-electron chi connectivity index (χ1n) is 3.58.